The van der Waals surface area contributed by atoms with Gasteiger partial charge in [-0.1, -0.05) is 24.0 Å². The normalized spacial score (nSPS) is 48.8. The van der Waals surface area contributed by atoms with Crippen LogP contribution in [0.1, 0.15) is 80.9 Å². The van der Waals surface area contributed by atoms with Gasteiger partial charge in [0.15, 0.2) is 0 Å². The highest BCUT2D eigenvalue weighted by molar-refractivity contribution is 5.86. The van der Waals surface area contributed by atoms with Crippen LogP contribution in [0, 0.1) is 46.3 Å². The number of rotatable bonds is 3. The highest BCUT2D eigenvalue weighted by Gasteiger charge is 2.82. The lowest BCUT2D eigenvalue weighted by Crippen LogP contribution is -2.81. The molecule has 1 aromatic carbocycles. The molecule has 1 heterocycles. The molecule has 1 aliphatic heterocycles. The number of aliphatic hydroxyl groups is 6. The van der Waals surface area contributed by atoms with Gasteiger partial charge in [0.05, 0.1) is 29.8 Å². The second-order valence-corrected chi connectivity index (χ2v) is 16.1. The molecule has 13 unspecified atom stereocenters. The molecule has 5 saturated carbocycles. The molecule has 0 saturated heterocycles. The summed E-state index contributed by atoms with van der Waals surface area (Å²) in [6.45, 7) is -0.130. The van der Waals surface area contributed by atoms with Crippen LogP contribution in [0.4, 0.5) is 0 Å². The van der Waals surface area contributed by atoms with Crippen LogP contribution in [0.3, 0.4) is 0 Å². The van der Waals surface area contributed by atoms with E-state index >= 15 is 0 Å². The fourth-order valence-electron chi connectivity index (χ4n) is 12.7. The van der Waals surface area contributed by atoms with Crippen molar-refractivity contribution < 1.29 is 45.0 Å². The average Bonchev–Trinajstić information content (AvgIpc) is 3.57. The van der Waals surface area contributed by atoms with E-state index in [1.165, 1.54) is 0 Å². The van der Waals surface area contributed by atoms with Crippen molar-refractivity contribution in [3.05, 3.63) is 46.5 Å². The van der Waals surface area contributed by atoms with Crippen LogP contribution in [0.25, 0.3) is 0 Å². The highest BCUT2D eigenvalue weighted by atomic mass is 16.5. The van der Waals surface area contributed by atoms with Crippen molar-refractivity contribution in [1.82, 2.24) is 5.32 Å². The lowest BCUT2D eigenvalue weighted by molar-refractivity contribution is -0.349. The number of ether oxygens (including phenoxy) is 1. The van der Waals surface area contributed by atoms with Gasteiger partial charge in [-0.05, 0) is 93.0 Å². The van der Waals surface area contributed by atoms with E-state index in [1.807, 2.05) is 25.2 Å². The number of fused-ring (bicyclic) bond motifs is 7. The first-order valence-electron chi connectivity index (χ1n) is 17.7. The fraction of sp³-hybridized carbons (Fsp3) is 0.684. The number of aliphatic hydroxyl groups excluding tert-OH is 3. The molecule has 10 heteroatoms. The topological polar surface area (TPSA) is 177 Å². The first-order chi connectivity index (χ1) is 22.9. The van der Waals surface area contributed by atoms with E-state index < -0.39 is 57.8 Å². The van der Waals surface area contributed by atoms with Crippen LogP contribution in [0.2, 0.25) is 0 Å². The van der Waals surface area contributed by atoms with E-state index in [0.717, 1.165) is 28.5 Å². The van der Waals surface area contributed by atoms with Gasteiger partial charge in [0.25, 0.3) is 0 Å². The molecule has 0 aromatic heterocycles. The Kier molecular flexibility index (Phi) is 7.42. The monoisotopic (exact) mass is 661 g/mol. The molecule has 1 spiro atoms. The quantitative estimate of drug-likeness (QED) is 0.141. The van der Waals surface area contributed by atoms with E-state index in [2.05, 4.69) is 17.2 Å². The molecule has 7 N–H and O–H groups in total. The zero-order valence-electron chi connectivity index (χ0n) is 27.4. The van der Waals surface area contributed by atoms with Crippen LogP contribution in [-0.4, -0.2) is 91.1 Å². The number of nitrogens with one attached hydrogen (secondary N) is 1. The smallest absolute Gasteiger partial charge is 0.331 e. The number of benzene rings is 1. The summed E-state index contributed by atoms with van der Waals surface area (Å²) < 4.78 is 6.08. The van der Waals surface area contributed by atoms with E-state index in [-0.39, 0.29) is 68.9 Å². The van der Waals surface area contributed by atoms with Gasteiger partial charge in [0.2, 0.25) is 0 Å². The molecule has 258 valence electrons. The van der Waals surface area contributed by atoms with Gasteiger partial charge in [0.1, 0.15) is 23.6 Å². The SMILES string of the molecule is CNC1Cc2c(cccc2CO)C#CCCC23CCC4C5(C=O)CCC(O)CC5(O)CC(O)C4(O)C2(O)CC2CC1C1OC(=O)C=C1C23. The standard InChI is InChI=1S/C38H47NO9/c1-39-28-14-25-21(6-4-7-22(25)19-40)5-2-3-10-34-12-9-29-35(20-41)11-8-24(42)17-36(35,45)18-30(43)38(29,47)37(34,46)16-23-13-26(28)33-27(32(23)34)15-31(44)48-33/h4,6-7,15,20,23-24,26,28-30,32-33,39-40,42-43,45-47H,3,8-14,16-19H2,1H3. The number of carbonyl (C=O) groups excluding carboxylic acids is 2. The highest BCUT2D eigenvalue weighted by Crippen LogP contribution is 2.75. The summed E-state index contributed by atoms with van der Waals surface area (Å²) in [5.41, 5.74) is -4.81. The molecule has 9 rings (SSSR count). The Balaban J connectivity index is 1.31. The number of aldehydes is 1. The van der Waals surface area contributed by atoms with E-state index in [4.69, 9.17) is 4.74 Å². The molecular weight excluding hydrogens is 614 g/mol. The Morgan fingerprint density at radius 2 is 1.90 bits per heavy atom. The minimum Gasteiger partial charge on any atom is -0.454 e. The molecule has 13 atom stereocenters. The molecule has 7 aliphatic carbocycles. The third-order valence-corrected chi connectivity index (χ3v) is 14.6. The summed E-state index contributed by atoms with van der Waals surface area (Å²) in [6.07, 6.45) is 2.03. The van der Waals surface area contributed by atoms with Crippen LogP contribution in [0.5, 0.6) is 0 Å². The van der Waals surface area contributed by atoms with Crippen LogP contribution >= 0.6 is 0 Å². The zero-order chi connectivity index (χ0) is 33.9. The van der Waals surface area contributed by atoms with Crippen LogP contribution in [0.15, 0.2) is 29.8 Å². The Labute approximate surface area is 280 Å². The Morgan fingerprint density at radius 3 is 2.65 bits per heavy atom. The number of carbonyl (C=O) groups is 2. The molecule has 48 heavy (non-hydrogen) atoms. The minimum atomic E-state index is -2.14. The third kappa shape index (κ3) is 3.95. The van der Waals surface area contributed by atoms with Crippen molar-refractivity contribution in [2.45, 2.75) is 118 Å². The lowest BCUT2D eigenvalue weighted by atomic mass is 9.38. The van der Waals surface area contributed by atoms with Gasteiger partial charge < -0.3 is 45.5 Å². The summed E-state index contributed by atoms with van der Waals surface area (Å²) >= 11 is 0. The summed E-state index contributed by atoms with van der Waals surface area (Å²) in [5.74, 6) is 4.62. The van der Waals surface area contributed by atoms with E-state index in [0.29, 0.717) is 32.1 Å². The second kappa shape index (κ2) is 10.9. The molecule has 0 amide bonds. The maximum Gasteiger partial charge on any atom is 0.331 e. The van der Waals surface area contributed by atoms with Crippen molar-refractivity contribution in [2.75, 3.05) is 7.05 Å². The van der Waals surface area contributed by atoms with Crippen LogP contribution < -0.4 is 5.32 Å². The summed E-state index contributed by atoms with van der Waals surface area (Å²) in [7, 11) is 1.87. The van der Waals surface area contributed by atoms with Gasteiger partial charge in [-0.25, -0.2) is 4.79 Å². The Bertz CT molecular complexity index is 1630. The number of hydrogen-bond acceptors (Lipinski definition) is 10. The molecule has 1 aromatic rings. The average molecular weight is 662 g/mol. The zero-order valence-corrected chi connectivity index (χ0v) is 27.4. The van der Waals surface area contributed by atoms with Crippen LogP contribution in [-0.2, 0) is 27.4 Å². The van der Waals surface area contributed by atoms with Crippen molar-refractivity contribution >= 4 is 12.3 Å². The molecule has 10 nitrogen and oxygen atoms in total. The minimum absolute atomic E-state index is 0.0830. The summed E-state index contributed by atoms with van der Waals surface area (Å²) in [4.78, 5) is 26.3. The molecule has 8 aliphatic rings. The predicted octanol–water partition coefficient (Wildman–Crippen LogP) is 1.05. The summed E-state index contributed by atoms with van der Waals surface area (Å²) in [6, 6.07) is 5.55. The van der Waals surface area contributed by atoms with Gasteiger partial charge >= 0.3 is 5.97 Å². The molecular formula is C38H47NO9. The van der Waals surface area contributed by atoms with Gasteiger partial charge in [0, 0.05) is 54.2 Å². The number of hydrogen-bond donors (Lipinski definition) is 7. The van der Waals surface area contributed by atoms with Crippen molar-refractivity contribution in [1.29, 1.82) is 0 Å². The van der Waals surface area contributed by atoms with Gasteiger partial charge in [-0.15, -0.1) is 0 Å². The van der Waals surface area contributed by atoms with Gasteiger partial charge in [-0.2, -0.15) is 0 Å². The predicted molar refractivity (Wildman–Crippen MR) is 172 cm³/mol. The number of likely N-dealkylation sites (N-methyl/N-ethyl adjacent to an activating group) is 1. The molecule has 4 bridgehead atoms. The second-order valence-electron chi connectivity index (χ2n) is 16.1. The largest absolute Gasteiger partial charge is 0.454 e. The van der Waals surface area contributed by atoms with E-state index in [1.54, 1.807) is 6.08 Å². The lowest BCUT2D eigenvalue weighted by Gasteiger charge is -2.70. The van der Waals surface area contributed by atoms with E-state index in [9.17, 15) is 40.2 Å². The first-order valence-corrected chi connectivity index (χ1v) is 17.7. The van der Waals surface area contributed by atoms with Crippen molar-refractivity contribution in [3.8, 4) is 11.8 Å². The molecule has 0 radical (unpaired) electrons. The Morgan fingerprint density at radius 1 is 1.08 bits per heavy atom. The third-order valence-electron chi connectivity index (χ3n) is 14.6. The maximum atomic E-state index is 13.4. The fourth-order valence-corrected chi connectivity index (χ4v) is 12.7. The Hall–Kier alpha value is -2.62. The molecule has 5 fully saturated rings. The maximum absolute atomic E-state index is 13.4. The van der Waals surface area contributed by atoms with Gasteiger partial charge in [-0.3, -0.25) is 0 Å². The summed E-state index contributed by atoms with van der Waals surface area (Å²) in [5, 5.41) is 74.8. The first kappa shape index (κ1) is 32.6. The van der Waals surface area contributed by atoms with Crippen molar-refractivity contribution in [2.24, 2.45) is 34.5 Å². The van der Waals surface area contributed by atoms with Crippen molar-refractivity contribution in [3.63, 3.8) is 0 Å². The number of esters is 1.